The van der Waals surface area contributed by atoms with E-state index in [1.807, 2.05) is 17.0 Å². The van der Waals surface area contributed by atoms with Crippen LogP contribution in [0.2, 0.25) is 0 Å². The number of benzene rings is 1. The molecule has 1 saturated heterocycles. The maximum Gasteiger partial charge on any atom is 0.251 e. The Hall–Kier alpha value is -2.10. The zero-order chi connectivity index (χ0) is 13.7. The molecule has 4 heteroatoms. The third-order valence-corrected chi connectivity index (χ3v) is 3.17. The van der Waals surface area contributed by atoms with Crippen molar-refractivity contribution in [3.63, 3.8) is 0 Å². The first-order chi connectivity index (χ1) is 9.20. The fourth-order valence-electron chi connectivity index (χ4n) is 2.12. The zero-order valence-corrected chi connectivity index (χ0v) is 10.9. The smallest absolute Gasteiger partial charge is 0.251 e. The molecule has 2 rings (SSSR count). The van der Waals surface area contributed by atoms with Gasteiger partial charge >= 0.3 is 0 Å². The van der Waals surface area contributed by atoms with E-state index in [2.05, 4.69) is 11.9 Å². The maximum absolute atomic E-state index is 11.7. The lowest BCUT2D eigenvalue weighted by Crippen LogP contribution is -2.24. The molecule has 1 aromatic rings. The minimum absolute atomic E-state index is 0.108. The molecular formula is C15H18N2O2. The van der Waals surface area contributed by atoms with Gasteiger partial charge in [0.05, 0.1) is 0 Å². The first-order valence-electron chi connectivity index (χ1n) is 6.46. The van der Waals surface area contributed by atoms with Crippen LogP contribution in [0.1, 0.15) is 28.8 Å². The van der Waals surface area contributed by atoms with Gasteiger partial charge in [0.2, 0.25) is 5.91 Å². The van der Waals surface area contributed by atoms with Crippen LogP contribution in [0.15, 0.2) is 36.9 Å². The largest absolute Gasteiger partial charge is 0.349 e. The summed E-state index contributed by atoms with van der Waals surface area (Å²) in [5.41, 5.74) is 1.67. The van der Waals surface area contributed by atoms with Crippen molar-refractivity contribution in [1.82, 2.24) is 10.2 Å². The zero-order valence-electron chi connectivity index (χ0n) is 10.9. The second kappa shape index (κ2) is 6.18. The molecule has 1 fully saturated rings. The van der Waals surface area contributed by atoms with E-state index in [-0.39, 0.29) is 11.8 Å². The van der Waals surface area contributed by atoms with Crippen LogP contribution in [0.3, 0.4) is 0 Å². The Morgan fingerprint density at radius 2 is 2.11 bits per heavy atom. The fraction of sp³-hybridized carbons (Fsp3) is 0.333. The van der Waals surface area contributed by atoms with E-state index >= 15 is 0 Å². The molecule has 1 heterocycles. The molecule has 0 bridgehead atoms. The highest BCUT2D eigenvalue weighted by Crippen LogP contribution is 2.14. The number of amides is 2. The van der Waals surface area contributed by atoms with Gasteiger partial charge in [0, 0.05) is 31.6 Å². The Kier molecular flexibility index (Phi) is 4.34. The molecule has 0 saturated carbocycles. The van der Waals surface area contributed by atoms with Crippen LogP contribution in [0.25, 0.3) is 0 Å². The highest BCUT2D eigenvalue weighted by Gasteiger charge is 2.19. The van der Waals surface area contributed by atoms with Crippen LogP contribution in [-0.2, 0) is 11.3 Å². The van der Waals surface area contributed by atoms with E-state index in [0.29, 0.717) is 25.1 Å². The average Bonchev–Trinajstić information content (AvgIpc) is 2.82. The molecule has 1 aliphatic heterocycles. The Morgan fingerprint density at radius 1 is 1.37 bits per heavy atom. The maximum atomic E-state index is 11.7. The topological polar surface area (TPSA) is 49.4 Å². The standard InChI is InChI=1S/C15H18N2O2/c1-2-9-16-15(19)13-7-5-12(6-8-13)11-17-10-3-4-14(17)18/h2,5-8H,1,3-4,9-11H2,(H,16,19). The van der Waals surface area contributed by atoms with E-state index in [9.17, 15) is 9.59 Å². The number of rotatable bonds is 5. The van der Waals surface area contributed by atoms with Crippen LogP contribution in [0.5, 0.6) is 0 Å². The summed E-state index contributed by atoms with van der Waals surface area (Å²) in [6.07, 6.45) is 3.24. The first kappa shape index (κ1) is 13.3. The van der Waals surface area contributed by atoms with E-state index in [4.69, 9.17) is 0 Å². The molecule has 1 aliphatic rings. The molecule has 0 unspecified atom stereocenters. The molecule has 0 spiro atoms. The van der Waals surface area contributed by atoms with Gasteiger partial charge in [-0.3, -0.25) is 9.59 Å². The molecule has 1 aromatic carbocycles. The Labute approximate surface area is 113 Å². The van der Waals surface area contributed by atoms with Crippen molar-refractivity contribution in [2.24, 2.45) is 0 Å². The number of hydrogen-bond acceptors (Lipinski definition) is 2. The van der Waals surface area contributed by atoms with E-state index in [0.717, 1.165) is 18.5 Å². The van der Waals surface area contributed by atoms with Gasteiger partial charge in [0.25, 0.3) is 5.91 Å². The number of hydrogen-bond donors (Lipinski definition) is 1. The second-order valence-electron chi connectivity index (χ2n) is 4.61. The van der Waals surface area contributed by atoms with Gasteiger partial charge in [-0.2, -0.15) is 0 Å². The van der Waals surface area contributed by atoms with Crippen LogP contribution < -0.4 is 5.32 Å². The molecule has 0 aliphatic carbocycles. The van der Waals surface area contributed by atoms with Gasteiger partial charge in [-0.05, 0) is 24.1 Å². The summed E-state index contributed by atoms with van der Waals surface area (Å²) >= 11 is 0. The average molecular weight is 258 g/mol. The fourth-order valence-corrected chi connectivity index (χ4v) is 2.12. The van der Waals surface area contributed by atoms with Crippen LogP contribution in [0.4, 0.5) is 0 Å². The van der Waals surface area contributed by atoms with Gasteiger partial charge in [0.1, 0.15) is 0 Å². The predicted molar refractivity (Wildman–Crippen MR) is 73.6 cm³/mol. The van der Waals surface area contributed by atoms with Crippen molar-refractivity contribution in [3.8, 4) is 0 Å². The van der Waals surface area contributed by atoms with Gasteiger partial charge in [-0.15, -0.1) is 6.58 Å². The third-order valence-electron chi connectivity index (χ3n) is 3.17. The molecule has 2 amide bonds. The van der Waals surface area contributed by atoms with E-state index in [1.54, 1.807) is 18.2 Å². The second-order valence-corrected chi connectivity index (χ2v) is 4.61. The van der Waals surface area contributed by atoms with E-state index < -0.39 is 0 Å². The first-order valence-corrected chi connectivity index (χ1v) is 6.46. The lowest BCUT2D eigenvalue weighted by molar-refractivity contribution is -0.128. The van der Waals surface area contributed by atoms with Gasteiger partial charge in [-0.1, -0.05) is 18.2 Å². The van der Waals surface area contributed by atoms with Crippen LogP contribution >= 0.6 is 0 Å². The quantitative estimate of drug-likeness (QED) is 0.818. The number of carbonyl (C=O) groups excluding carboxylic acids is 2. The summed E-state index contributed by atoms with van der Waals surface area (Å²) in [6.45, 7) is 5.48. The minimum Gasteiger partial charge on any atom is -0.349 e. The molecular weight excluding hydrogens is 240 g/mol. The molecule has 0 atom stereocenters. The Bertz CT molecular complexity index is 479. The molecule has 4 nitrogen and oxygen atoms in total. The molecule has 0 aromatic heterocycles. The molecule has 1 N–H and O–H groups in total. The molecule has 100 valence electrons. The SMILES string of the molecule is C=CCNC(=O)c1ccc(CN2CCCC2=O)cc1. The highest BCUT2D eigenvalue weighted by molar-refractivity contribution is 5.94. The third kappa shape index (κ3) is 3.44. The number of carbonyl (C=O) groups is 2. The van der Waals surface area contributed by atoms with E-state index in [1.165, 1.54) is 0 Å². The number of nitrogens with zero attached hydrogens (tertiary/aromatic N) is 1. The summed E-state index contributed by atoms with van der Waals surface area (Å²) < 4.78 is 0. The van der Waals surface area contributed by atoms with Crippen molar-refractivity contribution in [1.29, 1.82) is 0 Å². The van der Waals surface area contributed by atoms with Gasteiger partial charge < -0.3 is 10.2 Å². The van der Waals surface area contributed by atoms with Gasteiger partial charge in [0.15, 0.2) is 0 Å². The van der Waals surface area contributed by atoms with Crippen LogP contribution in [0, 0.1) is 0 Å². The number of nitrogens with one attached hydrogen (secondary N) is 1. The lowest BCUT2D eigenvalue weighted by atomic mass is 10.1. The van der Waals surface area contributed by atoms with Crippen molar-refractivity contribution in [2.75, 3.05) is 13.1 Å². The summed E-state index contributed by atoms with van der Waals surface area (Å²) in [5, 5.41) is 2.73. The lowest BCUT2D eigenvalue weighted by Gasteiger charge is -2.15. The van der Waals surface area contributed by atoms with Gasteiger partial charge in [-0.25, -0.2) is 0 Å². The Morgan fingerprint density at radius 3 is 2.68 bits per heavy atom. The van der Waals surface area contributed by atoms with Crippen LogP contribution in [-0.4, -0.2) is 29.8 Å². The molecule has 19 heavy (non-hydrogen) atoms. The summed E-state index contributed by atoms with van der Waals surface area (Å²) in [5.74, 6) is 0.108. The minimum atomic E-state index is -0.108. The van der Waals surface area contributed by atoms with Crippen molar-refractivity contribution in [3.05, 3.63) is 48.0 Å². The predicted octanol–water partition coefficient (Wildman–Crippen LogP) is 1.72. The highest BCUT2D eigenvalue weighted by atomic mass is 16.2. The number of likely N-dealkylation sites (tertiary alicyclic amines) is 1. The Balaban J connectivity index is 1.96. The van der Waals surface area contributed by atoms with Crippen molar-refractivity contribution < 1.29 is 9.59 Å². The summed E-state index contributed by atoms with van der Waals surface area (Å²) in [4.78, 5) is 25.1. The normalized spacial score (nSPS) is 14.5. The van der Waals surface area contributed by atoms with Crippen molar-refractivity contribution in [2.45, 2.75) is 19.4 Å². The summed E-state index contributed by atoms with van der Waals surface area (Å²) in [6, 6.07) is 7.37. The molecule has 0 radical (unpaired) electrons. The van der Waals surface area contributed by atoms with Crippen molar-refractivity contribution >= 4 is 11.8 Å². The summed E-state index contributed by atoms with van der Waals surface area (Å²) in [7, 11) is 0. The monoisotopic (exact) mass is 258 g/mol.